The second-order valence-corrected chi connectivity index (χ2v) is 2.99. The summed E-state index contributed by atoms with van der Waals surface area (Å²) < 4.78 is 4.46. The molecule has 3 nitrogen and oxygen atoms in total. The Bertz CT molecular complexity index is 133. The van der Waals surface area contributed by atoms with E-state index in [-0.39, 0.29) is 9.76 Å². The van der Waals surface area contributed by atoms with Crippen LogP contribution in [0.3, 0.4) is 0 Å². The molecule has 0 atom stereocenters. The van der Waals surface area contributed by atoms with Gasteiger partial charge >= 0.3 is 5.97 Å². The summed E-state index contributed by atoms with van der Waals surface area (Å²) in [5.41, 5.74) is 0. The van der Waals surface area contributed by atoms with Crippen LogP contribution in [0.5, 0.6) is 0 Å². The van der Waals surface area contributed by atoms with Gasteiger partial charge in [-0.05, 0) is 29.0 Å². The lowest BCUT2D eigenvalue weighted by Crippen LogP contribution is -2.00. The molecule has 0 N–H and O–H groups in total. The molecule has 4 heteroatoms. The van der Waals surface area contributed by atoms with Crippen molar-refractivity contribution in [3.63, 3.8) is 0 Å². The summed E-state index contributed by atoms with van der Waals surface area (Å²) >= 11 is 1.71. The third-order valence-electron chi connectivity index (χ3n) is 0.982. The van der Waals surface area contributed by atoms with Gasteiger partial charge in [-0.1, -0.05) is 0 Å². The first kappa shape index (κ1) is 9.87. The predicted octanol–water partition coefficient (Wildman–Crippen LogP) is 1.29. The smallest absolute Gasteiger partial charge is 0.305 e. The highest BCUT2D eigenvalue weighted by Crippen LogP contribution is 2.01. The van der Waals surface area contributed by atoms with Gasteiger partial charge in [0.1, 0.15) is 0 Å². The first-order valence-electron chi connectivity index (χ1n) is 2.92. The minimum absolute atomic E-state index is 0.0847. The number of esters is 1. The molecule has 0 aromatic carbocycles. The fourth-order valence-corrected chi connectivity index (χ4v) is 0.855. The second kappa shape index (κ2) is 5.64. The van der Waals surface area contributed by atoms with Crippen LogP contribution >= 0.6 is 22.6 Å². The van der Waals surface area contributed by atoms with Gasteiger partial charge in [0.2, 0.25) is 0 Å². The highest BCUT2D eigenvalue weighted by atomic mass is 127. The lowest BCUT2D eigenvalue weighted by molar-refractivity contribution is -0.140. The van der Waals surface area contributed by atoms with Crippen LogP contribution in [0.4, 0.5) is 0 Å². The van der Waals surface area contributed by atoms with Gasteiger partial charge in [-0.2, -0.15) is 0 Å². The predicted molar refractivity (Wildman–Crippen MR) is 44.9 cm³/mol. The van der Waals surface area contributed by atoms with E-state index < -0.39 is 0 Å². The fourth-order valence-electron chi connectivity index (χ4n) is 0.474. The van der Waals surface area contributed by atoms with Gasteiger partial charge in [-0.3, -0.25) is 9.59 Å². The van der Waals surface area contributed by atoms with Crippen LogP contribution in [-0.4, -0.2) is 16.9 Å². The Morgan fingerprint density at radius 1 is 1.40 bits per heavy atom. The zero-order chi connectivity index (χ0) is 7.98. The molecule has 0 radical (unpaired) electrons. The molecule has 0 rings (SSSR count). The van der Waals surface area contributed by atoms with Crippen molar-refractivity contribution in [3.8, 4) is 0 Å². The maximum atomic E-state index is 10.5. The molecule has 10 heavy (non-hydrogen) atoms. The van der Waals surface area contributed by atoms with E-state index >= 15 is 0 Å². The zero-order valence-electron chi connectivity index (χ0n) is 5.72. The Kier molecular flexibility index (Phi) is 5.57. The van der Waals surface area contributed by atoms with E-state index in [0.29, 0.717) is 19.3 Å². The van der Waals surface area contributed by atoms with Crippen molar-refractivity contribution in [2.24, 2.45) is 0 Å². The first-order valence-corrected chi connectivity index (χ1v) is 4.00. The third kappa shape index (κ3) is 6.00. The molecule has 0 aliphatic rings. The molecule has 0 amide bonds. The Morgan fingerprint density at radius 3 is 2.40 bits per heavy atom. The number of ether oxygens (including phenoxy) is 1. The van der Waals surface area contributed by atoms with E-state index in [1.807, 2.05) is 0 Å². The Hall–Kier alpha value is -0.130. The fraction of sp³-hybridized carbons (Fsp3) is 0.667. The van der Waals surface area contributed by atoms with Crippen LogP contribution in [0.25, 0.3) is 0 Å². The number of carbonyl (C=O) groups is 2. The summed E-state index contributed by atoms with van der Waals surface area (Å²) in [6.45, 7) is 0. The van der Waals surface area contributed by atoms with Gasteiger partial charge in [-0.15, -0.1) is 0 Å². The van der Waals surface area contributed by atoms with Crippen LogP contribution in [0.15, 0.2) is 0 Å². The summed E-state index contributed by atoms with van der Waals surface area (Å²) in [6.07, 6.45) is 1.38. The van der Waals surface area contributed by atoms with Crippen molar-refractivity contribution < 1.29 is 14.3 Å². The topological polar surface area (TPSA) is 43.4 Å². The number of hydrogen-bond acceptors (Lipinski definition) is 3. The summed E-state index contributed by atoms with van der Waals surface area (Å²) in [4.78, 5) is 20.8. The Morgan fingerprint density at radius 2 is 2.00 bits per heavy atom. The van der Waals surface area contributed by atoms with Crippen LogP contribution < -0.4 is 0 Å². The molecule has 0 aromatic rings. The van der Waals surface area contributed by atoms with E-state index in [2.05, 4.69) is 4.74 Å². The average Bonchev–Trinajstić information content (AvgIpc) is 1.87. The average molecular weight is 256 g/mol. The van der Waals surface area contributed by atoms with Gasteiger partial charge in [0.05, 0.1) is 7.11 Å². The van der Waals surface area contributed by atoms with Crippen LogP contribution in [-0.2, 0) is 14.3 Å². The third-order valence-corrected chi connectivity index (χ3v) is 1.52. The minimum Gasteiger partial charge on any atom is -0.469 e. The van der Waals surface area contributed by atoms with E-state index in [1.165, 1.54) is 7.11 Å². The number of methoxy groups -OCH3 is 1. The molecule has 0 saturated carbocycles. The van der Waals surface area contributed by atoms with Crippen molar-refractivity contribution in [2.75, 3.05) is 7.11 Å². The normalized spacial score (nSPS) is 9.00. The molecule has 0 aliphatic carbocycles. The van der Waals surface area contributed by atoms with Crippen molar-refractivity contribution in [2.45, 2.75) is 19.3 Å². The van der Waals surface area contributed by atoms with Crippen molar-refractivity contribution >= 4 is 32.4 Å². The van der Waals surface area contributed by atoms with Crippen LogP contribution in [0.1, 0.15) is 19.3 Å². The van der Waals surface area contributed by atoms with Gasteiger partial charge in [0.25, 0.3) is 0 Å². The molecule has 0 unspecified atom stereocenters. The Labute approximate surface area is 73.3 Å². The molecule has 58 valence electrons. The van der Waals surface area contributed by atoms with Gasteiger partial charge in [0.15, 0.2) is 3.79 Å². The largest absolute Gasteiger partial charge is 0.469 e. The van der Waals surface area contributed by atoms with Crippen molar-refractivity contribution in [1.82, 2.24) is 0 Å². The van der Waals surface area contributed by atoms with E-state index in [4.69, 9.17) is 0 Å². The molecule has 0 fully saturated rings. The maximum absolute atomic E-state index is 10.5. The SMILES string of the molecule is COC(=O)CCCC(=O)I. The van der Waals surface area contributed by atoms with Gasteiger partial charge in [-0.25, -0.2) is 0 Å². The molecule has 0 aromatic heterocycles. The zero-order valence-corrected chi connectivity index (χ0v) is 7.88. The highest BCUT2D eigenvalue weighted by molar-refractivity contribution is 14.1. The lowest BCUT2D eigenvalue weighted by atomic mass is 10.2. The molecule has 0 bridgehead atoms. The van der Waals surface area contributed by atoms with Crippen molar-refractivity contribution in [1.29, 1.82) is 0 Å². The standard InChI is InChI=1S/C6H9IO3/c1-10-6(9)4-2-3-5(7)8/h2-4H2,1H3. The summed E-state index contributed by atoms with van der Waals surface area (Å²) in [7, 11) is 1.34. The molecule has 0 heterocycles. The molecular weight excluding hydrogens is 247 g/mol. The number of halogens is 1. The minimum atomic E-state index is -0.252. The van der Waals surface area contributed by atoms with Crippen LogP contribution in [0.2, 0.25) is 0 Å². The summed E-state index contributed by atoms with van der Waals surface area (Å²) in [5, 5.41) is 0. The molecule has 0 saturated heterocycles. The monoisotopic (exact) mass is 256 g/mol. The highest BCUT2D eigenvalue weighted by Gasteiger charge is 2.01. The van der Waals surface area contributed by atoms with Crippen LogP contribution in [0, 0.1) is 0 Å². The lowest BCUT2D eigenvalue weighted by Gasteiger charge is -1.94. The quantitative estimate of drug-likeness (QED) is 0.432. The number of hydrogen-bond donors (Lipinski definition) is 0. The second-order valence-electron chi connectivity index (χ2n) is 1.78. The number of rotatable bonds is 4. The summed E-state index contributed by atoms with van der Waals surface area (Å²) in [6, 6.07) is 0. The molecule has 0 aliphatic heterocycles. The van der Waals surface area contributed by atoms with E-state index in [9.17, 15) is 9.59 Å². The molecule has 0 spiro atoms. The van der Waals surface area contributed by atoms with Gasteiger partial charge in [0, 0.05) is 12.8 Å². The van der Waals surface area contributed by atoms with Gasteiger partial charge < -0.3 is 4.74 Å². The van der Waals surface area contributed by atoms with E-state index in [0.717, 1.165) is 0 Å². The number of carbonyl (C=O) groups excluding carboxylic acids is 2. The van der Waals surface area contributed by atoms with Crippen molar-refractivity contribution in [3.05, 3.63) is 0 Å². The Balaban J connectivity index is 3.20. The summed E-state index contributed by atoms with van der Waals surface area (Å²) in [5.74, 6) is -0.252. The first-order chi connectivity index (χ1) is 4.66. The molecular formula is C6H9IO3. The maximum Gasteiger partial charge on any atom is 0.305 e. The van der Waals surface area contributed by atoms with E-state index in [1.54, 1.807) is 22.6 Å².